The maximum Gasteiger partial charge on any atom is 0.258 e. The summed E-state index contributed by atoms with van der Waals surface area (Å²) in [6.07, 6.45) is 1.40. The molecule has 34 heavy (non-hydrogen) atoms. The van der Waals surface area contributed by atoms with Crippen LogP contribution in [0.5, 0.6) is 5.75 Å². The molecule has 4 aromatic rings. The Kier molecular flexibility index (Phi) is 7.29. The van der Waals surface area contributed by atoms with E-state index in [1.54, 1.807) is 24.3 Å². The summed E-state index contributed by atoms with van der Waals surface area (Å²) in [6, 6.07) is 24.6. The molecule has 4 rings (SSSR count). The number of benzene rings is 3. The lowest BCUT2D eigenvalue weighted by molar-refractivity contribution is -0.122. The van der Waals surface area contributed by atoms with E-state index in [1.165, 1.54) is 11.0 Å². The highest BCUT2D eigenvalue weighted by molar-refractivity contribution is 6.03. The third-order valence-electron chi connectivity index (χ3n) is 4.98. The number of aryl methyl sites for hydroxylation is 1. The number of hydrogen-bond donors (Lipinski definition) is 2. The highest BCUT2D eigenvalue weighted by atomic mass is 16.5. The third kappa shape index (κ3) is 6.52. The molecule has 3 aromatic carbocycles. The summed E-state index contributed by atoms with van der Waals surface area (Å²) >= 11 is 0. The predicted octanol–water partition coefficient (Wildman–Crippen LogP) is 3.73. The topological polar surface area (TPSA) is 98.1 Å². The van der Waals surface area contributed by atoms with Crippen LogP contribution >= 0.6 is 0 Å². The van der Waals surface area contributed by atoms with Crippen molar-refractivity contribution in [3.8, 4) is 5.75 Å². The molecule has 0 saturated carbocycles. The fourth-order valence-electron chi connectivity index (χ4n) is 3.30. The van der Waals surface area contributed by atoms with Gasteiger partial charge in [0.2, 0.25) is 11.9 Å². The Bertz CT molecular complexity index is 1270. The van der Waals surface area contributed by atoms with Crippen LogP contribution in [0.25, 0.3) is 0 Å². The van der Waals surface area contributed by atoms with Gasteiger partial charge in [0.15, 0.2) is 0 Å². The van der Waals surface area contributed by atoms with E-state index in [1.807, 2.05) is 55.5 Å². The molecule has 0 saturated heterocycles. The summed E-state index contributed by atoms with van der Waals surface area (Å²) in [5, 5.41) is 9.64. The van der Waals surface area contributed by atoms with E-state index in [-0.39, 0.29) is 24.3 Å². The quantitative estimate of drug-likeness (QED) is 0.401. The lowest BCUT2D eigenvalue weighted by Gasteiger charge is -2.08. The van der Waals surface area contributed by atoms with Crippen LogP contribution in [0, 0.1) is 6.92 Å². The van der Waals surface area contributed by atoms with Gasteiger partial charge in [0.1, 0.15) is 25.2 Å². The van der Waals surface area contributed by atoms with Crippen molar-refractivity contribution in [2.45, 2.75) is 26.6 Å². The van der Waals surface area contributed by atoms with Crippen LogP contribution in [0.1, 0.15) is 27.0 Å². The molecule has 0 atom stereocenters. The maximum absolute atomic E-state index is 12.6. The molecule has 0 spiro atoms. The zero-order valence-electron chi connectivity index (χ0n) is 18.8. The highest BCUT2D eigenvalue weighted by Gasteiger charge is 2.12. The fourth-order valence-corrected chi connectivity index (χ4v) is 3.30. The summed E-state index contributed by atoms with van der Waals surface area (Å²) in [5.41, 5.74) is 3.64. The van der Waals surface area contributed by atoms with Gasteiger partial charge in [-0.1, -0.05) is 66.2 Å². The first-order chi connectivity index (χ1) is 16.5. The number of hydrogen-bond acceptors (Lipinski definition) is 5. The maximum atomic E-state index is 12.6. The molecule has 0 radical (unpaired) electrons. The fraction of sp³-hybridized carbons (Fsp3) is 0.154. The Balaban J connectivity index is 1.29. The Labute approximate surface area is 197 Å². The van der Waals surface area contributed by atoms with Crippen molar-refractivity contribution in [3.05, 3.63) is 107 Å². The molecule has 0 aliphatic carbocycles. The van der Waals surface area contributed by atoms with Crippen molar-refractivity contribution < 1.29 is 14.3 Å². The molecule has 1 heterocycles. The van der Waals surface area contributed by atoms with Crippen LogP contribution in [0.3, 0.4) is 0 Å². The second-order valence-electron chi connectivity index (χ2n) is 7.79. The lowest BCUT2D eigenvalue weighted by Crippen LogP contribution is -2.27. The molecular weight excluding hydrogens is 430 g/mol. The van der Waals surface area contributed by atoms with E-state index < -0.39 is 0 Å². The van der Waals surface area contributed by atoms with Crippen LogP contribution in [0.4, 0.5) is 5.95 Å². The Morgan fingerprint density at radius 3 is 2.56 bits per heavy atom. The first-order valence-corrected chi connectivity index (χ1v) is 10.8. The van der Waals surface area contributed by atoms with Crippen LogP contribution < -0.4 is 15.4 Å². The number of anilines is 1. The number of ether oxygens (including phenoxy) is 1. The van der Waals surface area contributed by atoms with E-state index in [2.05, 4.69) is 26.8 Å². The van der Waals surface area contributed by atoms with E-state index in [9.17, 15) is 9.59 Å². The first-order valence-electron chi connectivity index (χ1n) is 10.8. The number of aromatic nitrogens is 3. The van der Waals surface area contributed by atoms with Gasteiger partial charge in [-0.3, -0.25) is 14.9 Å². The summed E-state index contributed by atoms with van der Waals surface area (Å²) in [7, 11) is 0. The smallest absolute Gasteiger partial charge is 0.258 e. The van der Waals surface area contributed by atoms with Gasteiger partial charge in [-0.25, -0.2) is 9.67 Å². The van der Waals surface area contributed by atoms with Gasteiger partial charge in [0, 0.05) is 12.1 Å². The van der Waals surface area contributed by atoms with Crippen LogP contribution in [-0.2, 0) is 24.5 Å². The van der Waals surface area contributed by atoms with E-state index in [0.29, 0.717) is 24.5 Å². The molecule has 8 nitrogen and oxygen atoms in total. The number of rotatable bonds is 9. The zero-order valence-corrected chi connectivity index (χ0v) is 18.8. The molecule has 0 bridgehead atoms. The van der Waals surface area contributed by atoms with Crippen LogP contribution in [-0.4, -0.2) is 26.6 Å². The molecule has 0 aliphatic heterocycles. The van der Waals surface area contributed by atoms with E-state index in [4.69, 9.17) is 4.74 Å². The average Bonchev–Trinajstić information content (AvgIpc) is 3.29. The summed E-state index contributed by atoms with van der Waals surface area (Å²) < 4.78 is 7.20. The minimum atomic E-state index is -0.368. The predicted molar refractivity (Wildman–Crippen MR) is 128 cm³/mol. The molecule has 2 N–H and O–H groups in total. The largest absolute Gasteiger partial charge is 0.489 e. The van der Waals surface area contributed by atoms with Gasteiger partial charge in [-0.05, 0) is 36.2 Å². The van der Waals surface area contributed by atoms with E-state index >= 15 is 0 Å². The minimum Gasteiger partial charge on any atom is -0.489 e. The van der Waals surface area contributed by atoms with Crippen molar-refractivity contribution in [1.29, 1.82) is 0 Å². The summed E-state index contributed by atoms with van der Waals surface area (Å²) in [5.74, 6) is 0.132. The third-order valence-corrected chi connectivity index (χ3v) is 4.98. The standard InChI is InChI=1S/C26H25N5O3/c1-19-7-5-10-21(13-19)17-34-23-12-6-11-22(14-23)25(33)29-26-28-18-31(30-26)16-24(32)27-15-20-8-3-2-4-9-20/h2-14,18H,15-17H2,1H3,(H,27,32)(H,29,30,33). The summed E-state index contributed by atoms with van der Waals surface area (Å²) in [4.78, 5) is 28.9. The van der Waals surface area contributed by atoms with Crippen molar-refractivity contribution in [1.82, 2.24) is 20.1 Å². The highest BCUT2D eigenvalue weighted by Crippen LogP contribution is 2.16. The molecule has 2 amide bonds. The van der Waals surface area contributed by atoms with E-state index in [0.717, 1.165) is 16.7 Å². The normalized spacial score (nSPS) is 10.5. The zero-order chi connectivity index (χ0) is 23.8. The van der Waals surface area contributed by atoms with Crippen molar-refractivity contribution >= 4 is 17.8 Å². The van der Waals surface area contributed by atoms with Gasteiger partial charge in [-0.2, -0.15) is 0 Å². The van der Waals surface area contributed by atoms with Gasteiger partial charge in [-0.15, -0.1) is 5.10 Å². The molecule has 8 heteroatoms. The summed E-state index contributed by atoms with van der Waals surface area (Å²) in [6.45, 7) is 2.87. The second-order valence-corrected chi connectivity index (χ2v) is 7.79. The number of carbonyl (C=O) groups is 2. The lowest BCUT2D eigenvalue weighted by atomic mass is 10.1. The first kappa shape index (κ1) is 22.7. The van der Waals surface area contributed by atoms with Crippen molar-refractivity contribution in [3.63, 3.8) is 0 Å². The average molecular weight is 456 g/mol. The molecule has 0 aliphatic rings. The number of carbonyl (C=O) groups excluding carboxylic acids is 2. The van der Waals surface area contributed by atoms with Crippen molar-refractivity contribution in [2.75, 3.05) is 5.32 Å². The number of nitrogens with zero attached hydrogens (tertiary/aromatic N) is 3. The Morgan fingerprint density at radius 2 is 1.74 bits per heavy atom. The second kappa shape index (κ2) is 10.9. The SMILES string of the molecule is Cc1cccc(COc2cccc(C(=O)Nc3ncn(CC(=O)NCc4ccccc4)n3)c2)c1. The Morgan fingerprint density at radius 1 is 0.941 bits per heavy atom. The van der Waals surface area contributed by atoms with Crippen LogP contribution in [0.15, 0.2) is 85.2 Å². The molecule has 172 valence electrons. The molecule has 0 unspecified atom stereocenters. The number of amides is 2. The van der Waals surface area contributed by atoms with Crippen LogP contribution in [0.2, 0.25) is 0 Å². The molecule has 0 fully saturated rings. The molecule has 1 aromatic heterocycles. The van der Waals surface area contributed by atoms with Gasteiger partial charge in [0.05, 0.1) is 0 Å². The minimum absolute atomic E-state index is 0.00199. The molecular formula is C26H25N5O3. The number of nitrogens with one attached hydrogen (secondary N) is 2. The van der Waals surface area contributed by atoms with Gasteiger partial charge in [0.25, 0.3) is 5.91 Å². The van der Waals surface area contributed by atoms with Gasteiger partial charge >= 0.3 is 0 Å². The monoisotopic (exact) mass is 455 g/mol. The van der Waals surface area contributed by atoms with Crippen molar-refractivity contribution in [2.24, 2.45) is 0 Å². The Hall–Kier alpha value is -4.46. The van der Waals surface area contributed by atoms with Gasteiger partial charge < -0.3 is 10.1 Å².